The Kier molecular flexibility index (Phi) is 6.51. The van der Waals surface area contributed by atoms with E-state index < -0.39 is 0 Å². The van der Waals surface area contributed by atoms with Crippen molar-refractivity contribution in [2.75, 3.05) is 18.9 Å². The van der Waals surface area contributed by atoms with Crippen molar-refractivity contribution < 1.29 is 9.59 Å². The van der Waals surface area contributed by atoms with Crippen molar-refractivity contribution in [3.8, 4) is 0 Å². The van der Waals surface area contributed by atoms with Crippen molar-refractivity contribution in [2.45, 2.75) is 19.4 Å². The molecule has 2 amide bonds. The number of carbonyl (C=O) groups is 2. The summed E-state index contributed by atoms with van der Waals surface area (Å²) in [4.78, 5) is 23.8. The summed E-state index contributed by atoms with van der Waals surface area (Å²) in [5.74, 6) is -0.321. The van der Waals surface area contributed by atoms with Crippen molar-refractivity contribution in [2.24, 2.45) is 0 Å². The van der Waals surface area contributed by atoms with Crippen LogP contribution in [-0.2, 0) is 4.79 Å². The Morgan fingerprint density at radius 2 is 1.79 bits per heavy atom. The number of nitrogens with one attached hydrogen (secondary N) is 3. The number of hydrogen-bond donors (Lipinski definition) is 3. The number of benzene rings is 2. The second-order valence-corrected chi connectivity index (χ2v) is 5.46. The van der Waals surface area contributed by atoms with Crippen molar-refractivity contribution in [3.05, 3.63) is 65.7 Å². The van der Waals surface area contributed by atoms with Gasteiger partial charge in [-0.1, -0.05) is 43.3 Å². The first-order valence-electron chi connectivity index (χ1n) is 8.04. The maximum absolute atomic E-state index is 12.1. The van der Waals surface area contributed by atoms with Gasteiger partial charge >= 0.3 is 0 Å². The number of anilines is 1. The average molecular weight is 325 g/mol. The lowest BCUT2D eigenvalue weighted by molar-refractivity contribution is -0.115. The predicted molar refractivity (Wildman–Crippen MR) is 95.9 cm³/mol. The molecule has 0 heterocycles. The molecule has 0 aromatic heterocycles. The van der Waals surface area contributed by atoms with Crippen molar-refractivity contribution in [1.82, 2.24) is 10.6 Å². The summed E-state index contributed by atoms with van der Waals surface area (Å²) < 4.78 is 0. The zero-order valence-corrected chi connectivity index (χ0v) is 14.0. The largest absolute Gasteiger partial charge is 0.355 e. The van der Waals surface area contributed by atoms with Crippen LogP contribution in [0.1, 0.15) is 35.3 Å². The predicted octanol–water partition coefficient (Wildman–Crippen LogP) is 2.73. The van der Waals surface area contributed by atoms with Gasteiger partial charge in [-0.15, -0.1) is 0 Å². The average Bonchev–Trinajstić information content (AvgIpc) is 2.62. The van der Waals surface area contributed by atoms with Gasteiger partial charge in [0.2, 0.25) is 5.91 Å². The van der Waals surface area contributed by atoms with E-state index in [9.17, 15) is 9.59 Å². The summed E-state index contributed by atoms with van der Waals surface area (Å²) in [6.45, 7) is 2.28. The molecule has 1 unspecified atom stereocenters. The van der Waals surface area contributed by atoms with Gasteiger partial charge in [0.15, 0.2) is 0 Å². The third kappa shape index (κ3) is 4.93. The van der Waals surface area contributed by atoms with Gasteiger partial charge in [-0.2, -0.15) is 0 Å². The van der Waals surface area contributed by atoms with E-state index in [0.717, 1.165) is 12.0 Å². The van der Waals surface area contributed by atoms with Crippen LogP contribution in [0.4, 0.5) is 5.69 Å². The SMILES string of the molecule is CCC(NCC(=O)Nc1cccc(C(=O)NC)c1)c1ccccc1. The number of rotatable bonds is 7. The molecule has 0 aliphatic heterocycles. The van der Waals surface area contributed by atoms with Gasteiger partial charge in [-0.3, -0.25) is 9.59 Å². The summed E-state index contributed by atoms with van der Waals surface area (Å²) in [6, 6.07) is 17.1. The zero-order valence-electron chi connectivity index (χ0n) is 14.0. The van der Waals surface area contributed by atoms with Crippen LogP contribution in [0.15, 0.2) is 54.6 Å². The molecule has 0 aliphatic carbocycles. The monoisotopic (exact) mass is 325 g/mol. The highest BCUT2D eigenvalue weighted by Crippen LogP contribution is 2.15. The van der Waals surface area contributed by atoms with Crippen LogP contribution in [-0.4, -0.2) is 25.4 Å². The summed E-state index contributed by atoms with van der Waals surface area (Å²) in [5.41, 5.74) is 2.28. The molecule has 3 N–H and O–H groups in total. The summed E-state index contributed by atoms with van der Waals surface area (Å²) in [7, 11) is 1.58. The molecular formula is C19H23N3O2. The molecule has 0 saturated heterocycles. The second kappa shape index (κ2) is 8.84. The quantitative estimate of drug-likeness (QED) is 0.733. The molecule has 126 valence electrons. The van der Waals surface area contributed by atoms with E-state index in [0.29, 0.717) is 11.3 Å². The minimum Gasteiger partial charge on any atom is -0.355 e. The van der Waals surface area contributed by atoms with E-state index >= 15 is 0 Å². The van der Waals surface area contributed by atoms with Crippen molar-refractivity contribution in [1.29, 1.82) is 0 Å². The first-order valence-corrected chi connectivity index (χ1v) is 8.04. The number of amides is 2. The van der Waals surface area contributed by atoms with Crippen LogP contribution < -0.4 is 16.0 Å². The summed E-state index contributed by atoms with van der Waals surface area (Å²) >= 11 is 0. The Balaban J connectivity index is 1.92. The van der Waals surface area contributed by atoms with Crippen LogP contribution in [0.25, 0.3) is 0 Å². The fourth-order valence-corrected chi connectivity index (χ4v) is 2.49. The molecule has 5 nitrogen and oxygen atoms in total. The van der Waals surface area contributed by atoms with Crippen LogP contribution >= 0.6 is 0 Å². The summed E-state index contributed by atoms with van der Waals surface area (Å²) in [5, 5.41) is 8.64. The Morgan fingerprint density at radius 3 is 2.46 bits per heavy atom. The van der Waals surface area contributed by atoms with Crippen LogP contribution in [0.3, 0.4) is 0 Å². The number of hydrogen-bond acceptors (Lipinski definition) is 3. The van der Waals surface area contributed by atoms with Crippen LogP contribution in [0.2, 0.25) is 0 Å². The van der Waals surface area contributed by atoms with E-state index in [2.05, 4.69) is 22.9 Å². The lowest BCUT2D eigenvalue weighted by Gasteiger charge is -2.17. The van der Waals surface area contributed by atoms with Crippen molar-refractivity contribution >= 4 is 17.5 Å². The molecule has 0 radical (unpaired) electrons. The maximum Gasteiger partial charge on any atom is 0.251 e. The van der Waals surface area contributed by atoms with Gasteiger partial charge < -0.3 is 16.0 Å². The molecule has 2 rings (SSSR count). The molecule has 0 aliphatic rings. The second-order valence-electron chi connectivity index (χ2n) is 5.46. The van der Waals surface area contributed by atoms with Gasteiger partial charge in [-0.05, 0) is 30.2 Å². The highest BCUT2D eigenvalue weighted by molar-refractivity contribution is 5.97. The number of carbonyl (C=O) groups excluding carboxylic acids is 2. The minimum absolute atomic E-state index is 0.133. The van der Waals surface area contributed by atoms with Gasteiger partial charge in [0.05, 0.1) is 6.54 Å². The normalized spacial score (nSPS) is 11.6. The van der Waals surface area contributed by atoms with E-state index in [-0.39, 0.29) is 24.4 Å². The molecule has 2 aromatic carbocycles. The smallest absolute Gasteiger partial charge is 0.251 e. The Bertz CT molecular complexity index is 686. The highest BCUT2D eigenvalue weighted by Gasteiger charge is 2.11. The van der Waals surface area contributed by atoms with Crippen LogP contribution in [0.5, 0.6) is 0 Å². The fraction of sp³-hybridized carbons (Fsp3) is 0.263. The van der Waals surface area contributed by atoms with Crippen LogP contribution in [0, 0.1) is 0 Å². The van der Waals surface area contributed by atoms with Gasteiger partial charge in [0.25, 0.3) is 5.91 Å². The van der Waals surface area contributed by atoms with E-state index in [1.807, 2.05) is 30.3 Å². The molecule has 0 spiro atoms. The Hall–Kier alpha value is -2.66. The Labute approximate surface area is 142 Å². The fourth-order valence-electron chi connectivity index (χ4n) is 2.49. The third-order valence-electron chi connectivity index (χ3n) is 3.75. The molecule has 2 aromatic rings. The highest BCUT2D eigenvalue weighted by atomic mass is 16.2. The molecule has 24 heavy (non-hydrogen) atoms. The standard InChI is InChI=1S/C19H23N3O2/c1-3-17(14-8-5-4-6-9-14)21-13-18(23)22-16-11-7-10-15(12-16)19(24)20-2/h4-12,17,21H,3,13H2,1-2H3,(H,20,24)(H,22,23). The first-order chi connectivity index (χ1) is 11.6. The van der Waals surface area contributed by atoms with Gasteiger partial charge in [0.1, 0.15) is 0 Å². The molecule has 1 atom stereocenters. The van der Waals surface area contributed by atoms with Crippen molar-refractivity contribution in [3.63, 3.8) is 0 Å². The van der Waals surface area contributed by atoms with Gasteiger partial charge in [0, 0.05) is 24.3 Å². The van der Waals surface area contributed by atoms with E-state index in [4.69, 9.17) is 0 Å². The topological polar surface area (TPSA) is 70.2 Å². The molecule has 5 heteroatoms. The van der Waals surface area contributed by atoms with Gasteiger partial charge in [-0.25, -0.2) is 0 Å². The third-order valence-corrected chi connectivity index (χ3v) is 3.75. The molecule has 0 saturated carbocycles. The van der Waals surface area contributed by atoms with E-state index in [1.165, 1.54) is 0 Å². The first kappa shape index (κ1) is 17.7. The molecule has 0 fully saturated rings. The Morgan fingerprint density at radius 1 is 1.04 bits per heavy atom. The minimum atomic E-state index is -0.181. The summed E-state index contributed by atoms with van der Waals surface area (Å²) in [6.07, 6.45) is 0.892. The molecular weight excluding hydrogens is 302 g/mol. The lowest BCUT2D eigenvalue weighted by Crippen LogP contribution is -2.31. The van der Waals surface area contributed by atoms with E-state index in [1.54, 1.807) is 31.3 Å². The lowest BCUT2D eigenvalue weighted by atomic mass is 10.0. The maximum atomic E-state index is 12.1. The zero-order chi connectivity index (χ0) is 17.4. The molecule has 0 bridgehead atoms.